The predicted octanol–water partition coefficient (Wildman–Crippen LogP) is 0.646. The average Bonchev–Trinajstić information content (AvgIpc) is 2.81. The molecule has 1 amide bonds. The molecule has 0 spiro atoms. The number of nitrogens with zero attached hydrogens (tertiary/aromatic N) is 1. The SMILES string of the molecule is CCCCN(CC)CC1CCC(C(=O)NN)O1. The molecule has 0 aromatic rings. The van der Waals surface area contributed by atoms with Crippen molar-refractivity contribution in [3.05, 3.63) is 0 Å². The van der Waals surface area contributed by atoms with Crippen LogP contribution in [0.15, 0.2) is 0 Å². The summed E-state index contributed by atoms with van der Waals surface area (Å²) in [4.78, 5) is 13.7. The van der Waals surface area contributed by atoms with E-state index in [9.17, 15) is 4.79 Å². The van der Waals surface area contributed by atoms with E-state index in [-0.39, 0.29) is 18.1 Å². The van der Waals surface area contributed by atoms with E-state index in [0.29, 0.717) is 0 Å². The number of nitrogens with one attached hydrogen (secondary N) is 1. The number of ether oxygens (including phenoxy) is 1. The Morgan fingerprint density at radius 3 is 2.82 bits per heavy atom. The zero-order chi connectivity index (χ0) is 12.7. The van der Waals surface area contributed by atoms with Crippen molar-refractivity contribution >= 4 is 5.91 Å². The molecule has 0 aliphatic carbocycles. The van der Waals surface area contributed by atoms with Gasteiger partial charge in [-0.25, -0.2) is 5.84 Å². The second-order valence-corrected chi connectivity index (χ2v) is 4.58. The van der Waals surface area contributed by atoms with E-state index in [1.807, 2.05) is 0 Å². The normalized spacial score (nSPS) is 24.2. The number of hydrazine groups is 1. The summed E-state index contributed by atoms with van der Waals surface area (Å²) < 4.78 is 5.69. The molecule has 0 aromatic heterocycles. The van der Waals surface area contributed by atoms with Crippen LogP contribution in [-0.4, -0.2) is 42.6 Å². The maximum atomic E-state index is 11.3. The molecule has 5 nitrogen and oxygen atoms in total. The standard InChI is InChI=1S/C12H25N3O2/c1-3-5-8-15(4-2)9-10-6-7-11(17-10)12(16)14-13/h10-11H,3-9,13H2,1-2H3,(H,14,16). The maximum absolute atomic E-state index is 11.3. The third-order valence-corrected chi connectivity index (χ3v) is 3.28. The number of rotatable bonds is 7. The zero-order valence-electron chi connectivity index (χ0n) is 10.9. The van der Waals surface area contributed by atoms with Gasteiger partial charge in [0.1, 0.15) is 6.10 Å². The van der Waals surface area contributed by atoms with Crippen LogP contribution in [0.2, 0.25) is 0 Å². The highest BCUT2D eigenvalue weighted by Gasteiger charge is 2.30. The number of amides is 1. The summed E-state index contributed by atoms with van der Waals surface area (Å²) in [7, 11) is 0. The lowest BCUT2D eigenvalue weighted by Crippen LogP contribution is -2.40. The van der Waals surface area contributed by atoms with Gasteiger partial charge in [0.2, 0.25) is 0 Å². The molecule has 1 aliphatic heterocycles. The number of carbonyl (C=O) groups is 1. The molecule has 1 rings (SSSR count). The van der Waals surface area contributed by atoms with Gasteiger partial charge in [-0.1, -0.05) is 20.3 Å². The van der Waals surface area contributed by atoms with E-state index in [2.05, 4.69) is 24.2 Å². The monoisotopic (exact) mass is 243 g/mol. The molecule has 100 valence electrons. The lowest BCUT2D eigenvalue weighted by molar-refractivity contribution is -0.132. The first kappa shape index (κ1) is 14.4. The highest BCUT2D eigenvalue weighted by molar-refractivity contribution is 5.80. The van der Waals surface area contributed by atoms with Crippen molar-refractivity contribution < 1.29 is 9.53 Å². The Balaban J connectivity index is 2.30. The van der Waals surface area contributed by atoms with Crippen molar-refractivity contribution in [1.29, 1.82) is 0 Å². The Labute approximate surface area is 104 Å². The molecule has 1 saturated heterocycles. The molecule has 0 radical (unpaired) electrons. The molecule has 2 unspecified atom stereocenters. The minimum Gasteiger partial charge on any atom is -0.364 e. The van der Waals surface area contributed by atoms with Gasteiger partial charge >= 0.3 is 0 Å². The molecule has 1 fully saturated rings. The molecule has 0 aromatic carbocycles. The fraction of sp³-hybridized carbons (Fsp3) is 0.917. The number of likely N-dealkylation sites (N-methyl/N-ethyl adjacent to an activating group) is 1. The minimum atomic E-state index is -0.352. The molecule has 0 bridgehead atoms. The van der Waals surface area contributed by atoms with Crippen molar-refractivity contribution in [2.45, 2.75) is 51.7 Å². The predicted molar refractivity (Wildman–Crippen MR) is 67.2 cm³/mol. The van der Waals surface area contributed by atoms with E-state index in [1.165, 1.54) is 12.8 Å². The van der Waals surface area contributed by atoms with Crippen LogP contribution in [0, 0.1) is 0 Å². The van der Waals surface area contributed by atoms with Crippen molar-refractivity contribution in [2.24, 2.45) is 5.84 Å². The fourth-order valence-corrected chi connectivity index (χ4v) is 2.17. The van der Waals surface area contributed by atoms with Gasteiger partial charge in [-0.2, -0.15) is 0 Å². The molecule has 3 N–H and O–H groups in total. The summed E-state index contributed by atoms with van der Waals surface area (Å²) in [5.74, 6) is 4.90. The van der Waals surface area contributed by atoms with Gasteiger partial charge in [0.25, 0.3) is 5.91 Å². The quantitative estimate of drug-likeness (QED) is 0.391. The van der Waals surface area contributed by atoms with E-state index in [0.717, 1.165) is 32.5 Å². The van der Waals surface area contributed by atoms with Gasteiger partial charge in [-0.3, -0.25) is 10.2 Å². The van der Waals surface area contributed by atoms with Gasteiger partial charge in [0.05, 0.1) is 6.10 Å². The summed E-state index contributed by atoms with van der Waals surface area (Å²) in [6.07, 6.45) is 3.97. The highest BCUT2D eigenvalue weighted by atomic mass is 16.5. The first-order valence-corrected chi connectivity index (χ1v) is 6.59. The Hall–Kier alpha value is -0.650. The minimum absolute atomic E-state index is 0.175. The third kappa shape index (κ3) is 4.61. The first-order valence-electron chi connectivity index (χ1n) is 6.59. The van der Waals surface area contributed by atoms with Crippen molar-refractivity contribution in [3.8, 4) is 0 Å². The van der Waals surface area contributed by atoms with Crippen LogP contribution < -0.4 is 11.3 Å². The largest absolute Gasteiger partial charge is 0.364 e. The second kappa shape index (κ2) is 7.63. The first-order chi connectivity index (χ1) is 8.21. The topological polar surface area (TPSA) is 67.6 Å². The molecule has 5 heteroatoms. The van der Waals surface area contributed by atoms with Crippen LogP contribution in [0.1, 0.15) is 39.5 Å². The Morgan fingerprint density at radius 2 is 2.24 bits per heavy atom. The van der Waals surface area contributed by atoms with Crippen LogP contribution in [0.25, 0.3) is 0 Å². The van der Waals surface area contributed by atoms with Gasteiger partial charge in [-0.15, -0.1) is 0 Å². The van der Waals surface area contributed by atoms with E-state index < -0.39 is 0 Å². The Morgan fingerprint density at radius 1 is 1.47 bits per heavy atom. The van der Waals surface area contributed by atoms with Crippen LogP contribution >= 0.6 is 0 Å². The van der Waals surface area contributed by atoms with Crippen molar-refractivity contribution in [1.82, 2.24) is 10.3 Å². The molecular weight excluding hydrogens is 218 g/mol. The van der Waals surface area contributed by atoms with E-state index in [1.54, 1.807) is 0 Å². The molecule has 0 saturated carbocycles. The zero-order valence-corrected chi connectivity index (χ0v) is 10.9. The lowest BCUT2D eigenvalue weighted by Gasteiger charge is -2.23. The average molecular weight is 243 g/mol. The van der Waals surface area contributed by atoms with Gasteiger partial charge < -0.3 is 9.64 Å². The van der Waals surface area contributed by atoms with Crippen LogP contribution in [0.4, 0.5) is 0 Å². The van der Waals surface area contributed by atoms with Crippen LogP contribution in [-0.2, 0) is 9.53 Å². The molecule has 17 heavy (non-hydrogen) atoms. The summed E-state index contributed by atoms with van der Waals surface area (Å²) in [6.45, 7) is 7.43. The van der Waals surface area contributed by atoms with E-state index >= 15 is 0 Å². The smallest absolute Gasteiger partial charge is 0.263 e. The Kier molecular flexibility index (Phi) is 6.47. The molecule has 1 aliphatic rings. The van der Waals surface area contributed by atoms with Crippen molar-refractivity contribution in [2.75, 3.05) is 19.6 Å². The highest BCUT2D eigenvalue weighted by Crippen LogP contribution is 2.20. The summed E-state index contributed by atoms with van der Waals surface area (Å²) in [6, 6.07) is 0. The lowest BCUT2D eigenvalue weighted by atomic mass is 10.2. The number of nitrogens with two attached hydrogens (primary N) is 1. The van der Waals surface area contributed by atoms with E-state index in [4.69, 9.17) is 10.6 Å². The van der Waals surface area contributed by atoms with Crippen molar-refractivity contribution in [3.63, 3.8) is 0 Å². The van der Waals surface area contributed by atoms with Gasteiger partial charge in [-0.05, 0) is 32.4 Å². The van der Waals surface area contributed by atoms with Gasteiger partial charge in [0.15, 0.2) is 0 Å². The molecular formula is C12H25N3O2. The Bertz CT molecular complexity index is 236. The van der Waals surface area contributed by atoms with Crippen LogP contribution in [0.5, 0.6) is 0 Å². The number of unbranched alkanes of at least 4 members (excludes halogenated alkanes) is 1. The second-order valence-electron chi connectivity index (χ2n) is 4.58. The molecule has 1 heterocycles. The third-order valence-electron chi connectivity index (χ3n) is 3.28. The van der Waals surface area contributed by atoms with Gasteiger partial charge in [0, 0.05) is 6.54 Å². The number of hydrogen-bond acceptors (Lipinski definition) is 4. The molecule has 2 atom stereocenters. The number of carbonyl (C=O) groups excluding carboxylic acids is 1. The number of hydrogen-bond donors (Lipinski definition) is 2. The summed E-state index contributed by atoms with van der Waals surface area (Å²) in [5.41, 5.74) is 2.15. The fourth-order valence-electron chi connectivity index (χ4n) is 2.17. The summed E-state index contributed by atoms with van der Waals surface area (Å²) in [5, 5.41) is 0. The van der Waals surface area contributed by atoms with Crippen LogP contribution in [0.3, 0.4) is 0 Å². The maximum Gasteiger partial charge on any atom is 0.263 e. The summed E-state index contributed by atoms with van der Waals surface area (Å²) >= 11 is 0.